The third kappa shape index (κ3) is 3.20. The van der Waals surface area contributed by atoms with Gasteiger partial charge in [0.25, 0.3) is 0 Å². The Morgan fingerprint density at radius 2 is 1.16 bits per heavy atom. The lowest BCUT2D eigenvalue weighted by molar-refractivity contribution is 1.17. The van der Waals surface area contributed by atoms with E-state index in [0.29, 0.717) is 0 Å². The molecule has 0 N–H and O–H groups in total. The van der Waals surface area contributed by atoms with Gasteiger partial charge in [0.15, 0.2) is 0 Å². The van der Waals surface area contributed by atoms with E-state index in [1.807, 2.05) is 28.8 Å². The first-order valence-corrected chi connectivity index (χ1v) is 14.8. The Morgan fingerprint density at radius 1 is 0.455 bits per heavy atom. The van der Waals surface area contributed by atoms with Gasteiger partial charge in [0.2, 0.25) is 0 Å². The van der Waals surface area contributed by atoms with Crippen LogP contribution in [0.15, 0.2) is 158 Å². The molecule has 44 heavy (non-hydrogen) atoms. The molecule has 0 amide bonds. The first kappa shape index (κ1) is 19.4. The van der Waals surface area contributed by atoms with Crippen LogP contribution in [-0.4, -0.2) is 8.97 Å². The van der Waals surface area contributed by atoms with Gasteiger partial charge >= 0.3 is 0 Å². The molecule has 0 aliphatic carbocycles. The summed E-state index contributed by atoms with van der Waals surface area (Å²) < 4.78 is 48.0. The van der Waals surface area contributed by atoms with Gasteiger partial charge < -0.3 is 8.97 Å². The number of para-hydroxylation sites is 1. The molecule has 2 heteroatoms. The summed E-state index contributed by atoms with van der Waals surface area (Å²) in [4.78, 5) is 0. The average molecular weight is 564 g/mol. The van der Waals surface area contributed by atoms with Crippen LogP contribution in [0.4, 0.5) is 0 Å². The van der Waals surface area contributed by atoms with Crippen molar-refractivity contribution in [2.24, 2.45) is 0 Å². The van der Waals surface area contributed by atoms with Crippen molar-refractivity contribution in [3.63, 3.8) is 0 Å². The number of aromatic nitrogens is 2. The maximum atomic E-state index is 9.11. The van der Waals surface area contributed by atoms with Crippen LogP contribution >= 0.6 is 0 Å². The van der Waals surface area contributed by atoms with Crippen LogP contribution in [0.25, 0.3) is 87.5 Å². The normalized spacial score (nSPS) is 13.7. The molecule has 0 fully saturated rings. The average Bonchev–Trinajstić information content (AvgIpc) is 3.41. The molecule has 10 rings (SSSR count). The van der Waals surface area contributed by atoms with Crippen molar-refractivity contribution in [1.29, 1.82) is 0 Å². The molecule has 0 saturated heterocycles. The largest absolute Gasteiger partial charge is 0.308 e. The number of rotatable bonds is 2. The van der Waals surface area contributed by atoms with Gasteiger partial charge in [0.1, 0.15) is 0 Å². The highest BCUT2D eigenvalue weighted by Crippen LogP contribution is 2.42. The molecule has 0 radical (unpaired) electrons. The smallest absolute Gasteiger partial charge is 0.0709 e. The summed E-state index contributed by atoms with van der Waals surface area (Å²) in [5.74, 6) is 0. The molecule has 0 unspecified atom stereocenters. The minimum absolute atomic E-state index is 0.124. The van der Waals surface area contributed by atoms with Gasteiger partial charge in [-0.05, 0) is 74.4 Å². The van der Waals surface area contributed by atoms with Crippen molar-refractivity contribution < 1.29 is 6.85 Å². The molecular weight excluding hydrogens is 532 g/mol. The summed E-state index contributed by atoms with van der Waals surface area (Å²) >= 11 is 0. The molecule has 0 atom stereocenters. The molecule has 8 aromatic carbocycles. The van der Waals surface area contributed by atoms with E-state index in [1.165, 1.54) is 10.8 Å². The first-order chi connectivity index (χ1) is 23.9. The monoisotopic (exact) mass is 563 g/mol. The highest BCUT2D eigenvalue weighted by molar-refractivity contribution is 6.24. The van der Waals surface area contributed by atoms with Crippen LogP contribution in [0.3, 0.4) is 0 Å². The molecule has 0 bridgehead atoms. The topological polar surface area (TPSA) is 9.34 Å². The molecule has 2 nitrogen and oxygen atoms in total. The van der Waals surface area contributed by atoms with Gasteiger partial charge in [0, 0.05) is 21.8 Å². The second-order valence-electron chi connectivity index (χ2n) is 11.4. The highest BCUT2D eigenvalue weighted by Gasteiger charge is 2.20. The Hall–Kier alpha value is -5.86. The van der Waals surface area contributed by atoms with Crippen LogP contribution in [0, 0.1) is 0 Å². The standard InChI is InChI=1S/C42H26N2/c1-2-15-32(16-3-1)43-37-19-9-14-28-20-23-36-35-22-21-31(34-18-8-13-27-10-6-7-17-33(27)34)26-38(35)44(42(36)41(28)37)40-25-30-12-5-4-11-29(30)24-39(40)43/h1-26H/i1D,2D,3D,15D,16D. The Labute approximate surface area is 260 Å². The van der Waals surface area contributed by atoms with E-state index in [4.69, 9.17) is 6.85 Å². The Kier molecular flexibility index (Phi) is 3.88. The summed E-state index contributed by atoms with van der Waals surface area (Å²) in [5, 5.41) is 8.55. The summed E-state index contributed by atoms with van der Waals surface area (Å²) in [6, 6.07) is 42.7. The molecule has 2 aromatic heterocycles. The van der Waals surface area contributed by atoms with Crippen molar-refractivity contribution in [2.75, 3.05) is 0 Å². The molecular formula is C42H26N2. The molecule has 0 aliphatic heterocycles. The molecule has 2 heterocycles. The first-order valence-electron chi connectivity index (χ1n) is 17.3. The van der Waals surface area contributed by atoms with Crippen molar-refractivity contribution in [2.45, 2.75) is 0 Å². The van der Waals surface area contributed by atoms with Crippen molar-refractivity contribution in [3.8, 4) is 16.8 Å². The van der Waals surface area contributed by atoms with E-state index in [-0.39, 0.29) is 29.9 Å². The maximum Gasteiger partial charge on any atom is 0.0709 e. The zero-order valence-corrected chi connectivity index (χ0v) is 23.5. The quantitative estimate of drug-likeness (QED) is 0.198. The third-order valence-corrected chi connectivity index (χ3v) is 9.13. The molecule has 0 saturated carbocycles. The van der Waals surface area contributed by atoms with Crippen LogP contribution < -0.4 is 0 Å². The molecule has 204 valence electrons. The van der Waals surface area contributed by atoms with Crippen LogP contribution in [0.2, 0.25) is 0 Å². The summed E-state index contributed by atoms with van der Waals surface area (Å²) in [5.41, 5.74) is 6.78. The van der Waals surface area contributed by atoms with Crippen LogP contribution in [-0.2, 0) is 0 Å². The van der Waals surface area contributed by atoms with Gasteiger partial charge in [-0.1, -0.05) is 121 Å². The lowest BCUT2D eigenvalue weighted by Crippen LogP contribution is -1.97. The van der Waals surface area contributed by atoms with Gasteiger partial charge in [-0.25, -0.2) is 0 Å². The second-order valence-corrected chi connectivity index (χ2v) is 11.4. The zero-order valence-electron chi connectivity index (χ0n) is 28.5. The predicted molar refractivity (Wildman–Crippen MR) is 187 cm³/mol. The maximum absolute atomic E-state index is 9.11. The van der Waals surface area contributed by atoms with E-state index >= 15 is 0 Å². The zero-order chi connectivity index (χ0) is 33.1. The van der Waals surface area contributed by atoms with Crippen molar-refractivity contribution in [3.05, 3.63) is 158 Å². The number of hydrogen-bond donors (Lipinski definition) is 0. The van der Waals surface area contributed by atoms with E-state index in [2.05, 4.69) is 108 Å². The third-order valence-electron chi connectivity index (χ3n) is 9.13. The van der Waals surface area contributed by atoms with Gasteiger partial charge in [-0.2, -0.15) is 0 Å². The fraction of sp³-hybridized carbons (Fsp3) is 0. The Balaban J connectivity index is 1.50. The SMILES string of the molecule is [2H]c1c([2H])c([2H])c(-n2c3cccc4ccc5c6ccc(-c7cccc8ccccc78)cc6n(c6cc7ccccc7cc62)c5c43)c([2H])c1[2H]. The van der Waals surface area contributed by atoms with Crippen molar-refractivity contribution in [1.82, 2.24) is 8.97 Å². The molecule has 0 aliphatic rings. The Morgan fingerprint density at radius 3 is 2.02 bits per heavy atom. The van der Waals surface area contributed by atoms with Crippen molar-refractivity contribution >= 4 is 70.7 Å². The van der Waals surface area contributed by atoms with Crippen LogP contribution in [0.5, 0.6) is 0 Å². The molecule has 10 aromatic rings. The number of hydrogen-bond acceptors (Lipinski definition) is 0. The lowest BCUT2D eigenvalue weighted by atomic mass is 9.97. The fourth-order valence-electron chi connectivity index (χ4n) is 7.24. The number of fused-ring (bicyclic) bond motifs is 7. The highest BCUT2D eigenvalue weighted by atomic mass is 15.0. The number of benzene rings is 8. The molecule has 0 spiro atoms. The Bertz CT molecular complexity index is 3030. The summed E-state index contributed by atoms with van der Waals surface area (Å²) in [6.07, 6.45) is 0. The minimum Gasteiger partial charge on any atom is -0.308 e. The van der Waals surface area contributed by atoms with E-state index < -0.39 is 6.04 Å². The van der Waals surface area contributed by atoms with Gasteiger partial charge in [-0.3, -0.25) is 0 Å². The minimum atomic E-state index is -0.411. The van der Waals surface area contributed by atoms with Gasteiger partial charge in [0.05, 0.1) is 34.4 Å². The summed E-state index contributed by atoms with van der Waals surface area (Å²) in [7, 11) is 0. The van der Waals surface area contributed by atoms with E-state index in [0.717, 1.165) is 71.0 Å². The number of nitrogens with zero attached hydrogens (tertiary/aromatic N) is 2. The van der Waals surface area contributed by atoms with E-state index in [1.54, 1.807) is 0 Å². The lowest BCUT2D eigenvalue weighted by Gasteiger charge is -2.13. The summed E-state index contributed by atoms with van der Waals surface area (Å²) in [6.45, 7) is 0. The second kappa shape index (κ2) is 8.82. The fourth-order valence-corrected chi connectivity index (χ4v) is 7.24. The van der Waals surface area contributed by atoms with Gasteiger partial charge in [-0.15, -0.1) is 0 Å². The van der Waals surface area contributed by atoms with E-state index in [9.17, 15) is 0 Å². The predicted octanol–water partition coefficient (Wildman–Crippen LogP) is 11.3. The van der Waals surface area contributed by atoms with Crippen LogP contribution in [0.1, 0.15) is 6.85 Å².